The molecule has 0 radical (unpaired) electrons. The average molecular weight is 527 g/mol. The predicted molar refractivity (Wildman–Crippen MR) is 155 cm³/mol. The van der Waals surface area contributed by atoms with Gasteiger partial charge in [-0.05, 0) is 12.8 Å². The molecule has 0 unspecified atom stereocenters. The third-order valence-electron chi connectivity index (χ3n) is 6.49. The predicted octanol–water partition coefficient (Wildman–Crippen LogP) is 9.41. The molecule has 0 spiro atoms. The quantitative estimate of drug-likeness (QED) is 0.0869. The van der Waals surface area contributed by atoms with Crippen LogP contribution in [0.15, 0.2) is 0 Å². The second-order valence-electron chi connectivity index (χ2n) is 10.1. The summed E-state index contributed by atoms with van der Waals surface area (Å²) in [5.41, 5.74) is 0. The van der Waals surface area contributed by atoms with Crippen molar-refractivity contribution in [1.29, 1.82) is 0 Å². The monoisotopic (exact) mass is 526 g/mol. The molecule has 35 heavy (non-hydrogen) atoms. The van der Waals surface area contributed by atoms with Gasteiger partial charge in [-0.25, -0.2) is 0 Å². The van der Waals surface area contributed by atoms with Crippen LogP contribution in [0.4, 0.5) is 0 Å². The first-order chi connectivity index (χ1) is 16.5. The van der Waals surface area contributed by atoms with Gasteiger partial charge in [-0.2, -0.15) is 0 Å². The van der Waals surface area contributed by atoms with E-state index in [9.17, 15) is 9.59 Å². The van der Waals surface area contributed by atoms with Gasteiger partial charge >= 0.3 is 49.7 Å². The zero-order valence-electron chi connectivity index (χ0n) is 23.1. The Morgan fingerprint density at radius 2 is 0.543 bits per heavy atom. The van der Waals surface area contributed by atoms with Gasteiger partial charge in [0.25, 0.3) is 0 Å². The number of carboxylic acids is 2. The summed E-state index contributed by atoms with van der Waals surface area (Å²) in [4.78, 5) is 20.6. The molecule has 0 aliphatic rings. The Morgan fingerprint density at radius 3 is 0.714 bits per heavy atom. The van der Waals surface area contributed by atoms with E-state index in [0.29, 0.717) is 12.8 Å². The molecule has 4 nitrogen and oxygen atoms in total. The molecule has 0 rings (SSSR count). The van der Waals surface area contributed by atoms with E-state index in [1.165, 1.54) is 128 Å². The number of carbonyl (C=O) groups is 2. The van der Waals surface area contributed by atoms with Gasteiger partial charge in [0.1, 0.15) is 0 Å². The van der Waals surface area contributed by atoms with Crippen molar-refractivity contribution in [2.24, 2.45) is 0 Å². The zero-order chi connectivity index (χ0) is 25.5. The molecule has 208 valence electrons. The maximum atomic E-state index is 10.3. The first-order valence-corrected chi connectivity index (χ1v) is 15.0. The van der Waals surface area contributed by atoms with Crippen molar-refractivity contribution in [3.63, 3.8) is 0 Å². The van der Waals surface area contributed by atoms with E-state index in [1.54, 1.807) is 0 Å². The molecular formula is C30H62CaO4. The molecular weight excluding hydrogens is 464 g/mol. The Labute approximate surface area is 248 Å². The SMILES string of the molecule is CCCCCCCCCCCCCC(=O)O.CCCCCCCCCCCCCCCC(=O)O.[CaH2]. The molecule has 0 heterocycles. The molecule has 0 atom stereocenters. The fraction of sp³-hybridized carbons (Fsp3) is 0.933. The van der Waals surface area contributed by atoms with Crippen LogP contribution < -0.4 is 0 Å². The van der Waals surface area contributed by atoms with Crippen LogP contribution in [-0.4, -0.2) is 59.9 Å². The van der Waals surface area contributed by atoms with Crippen LogP contribution >= 0.6 is 0 Å². The molecule has 0 amide bonds. The maximum absolute atomic E-state index is 10.3. The van der Waals surface area contributed by atoms with Gasteiger partial charge in [0, 0.05) is 12.8 Å². The fourth-order valence-corrected chi connectivity index (χ4v) is 4.23. The van der Waals surface area contributed by atoms with Gasteiger partial charge in [0.05, 0.1) is 0 Å². The van der Waals surface area contributed by atoms with Crippen LogP contribution in [0, 0.1) is 0 Å². The Balaban J connectivity index is -0.000000573. The number of hydrogen-bond acceptors (Lipinski definition) is 2. The van der Waals surface area contributed by atoms with Gasteiger partial charge in [-0.3, -0.25) is 9.59 Å². The Morgan fingerprint density at radius 1 is 0.371 bits per heavy atom. The standard InChI is InChI=1S/C16H32O2.C14H28O2.Ca.2H/c1-2-3-4-5-6-7-8-9-10-11-12-13-14-15-16(17)18;1-2-3-4-5-6-7-8-9-10-11-12-13-14(15)16;;;/h2-15H2,1H3,(H,17,18);2-13H2,1H3,(H,15,16);;;. The summed E-state index contributed by atoms with van der Waals surface area (Å²) < 4.78 is 0. The van der Waals surface area contributed by atoms with Crippen molar-refractivity contribution in [2.45, 2.75) is 181 Å². The van der Waals surface area contributed by atoms with Crippen LogP contribution in [0.1, 0.15) is 181 Å². The number of hydrogen-bond donors (Lipinski definition) is 2. The van der Waals surface area contributed by atoms with E-state index in [1.807, 2.05) is 0 Å². The molecule has 0 aromatic heterocycles. The summed E-state index contributed by atoms with van der Waals surface area (Å²) >= 11 is 0. The van der Waals surface area contributed by atoms with Gasteiger partial charge in [-0.1, -0.05) is 155 Å². The van der Waals surface area contributed by atoms with Crippen LogP contribution in [0.5, 0.6) is 0 Å². The Hall–Kier alpha value is 0.200. The molecule has 0 saturated heterocycles. The van der Waals surface area contributed by atoms with Crippen LogP contribution in [0.3, 0.4) is 0 Å². The summed E-state index contributed by atoms with van der Waals surface area (Å²) in [5.74, 6) is -1.31. The summed E-state index contributed by atoms with van der Waals surface area (Å²) in [7, 11) is 0. The molecule has 0 aliphatic heterocycles. The van der Waals surface area contributed by atoms with Crippen molar-refractivity contribution in [3.8, 4) is 0 Å². The third-order valence-corrected chi connectivity index (χ3v) is 6.49. The minimum absolute atomic E-state index is 0. The summed E-state index contributed by atoms with van der Waals surface area (Å²) in [5, 5.41) is 16.9. The second kappa shape index (κ2) is 36.4. The normalized spacial score (nSPS) is 10.3. The van der Waals surface area contributed by atoms with Crippen molar-refractivity contribution < 1.29 is 19.8 Å². The van der Waals surface area contributed by atoms with E-state index in [0.717, 1.165) is 25.7 Å². The molecule has 0 fully saturated rings. The molecule has 0 aromatic carbocycles. The average Bonchev–Trinajstić information content (AvgIpc) is 2.80. The van der Waals surface area contributed by atoms with Gasteiger partial charge in [0.2, 0.25) is 0 Å². The van der Waals surface area contributed by atoms with Crippen LogP contribution in [0.2, 0.25) is 0 Å². The van der Waals surface area contributed by atoms with Crippen molar-refractivity contribution >= 4 is 49.7 Å². The second-order valence-corrected chi connectivity index (χ2v) is 10.1. The topological polar surface area (TPSA) is 74.6 Å². The van der Waals surface area contributed by atoms with Crippen LogP contribution in [-0.2, 0) is 9.59 Å². The van der Waals surface area contributed by atoms with Crippen LogP contribution in [0.25, 0.3) is 0 Å². The molecule has 0 aromatic rings. The summed E-state index contributed by atoms with van der Waals surface area (Å²) in [6.07, 6.45) is 31.6. The molecule has 2 N–H and O–H groups in total. The number of carboxylic acid groups (broad SMARTS) is 2. The van der Waals surface area contributed by atoms with Crippen molar-refractivity contribution in [3.05, 3.63) is 0 Å². The molecule has 0 saturated carbocycles. The number of aliphatic carboxylic acids is 2. The van der Waals surface area contributed by atoms with E-state index in [4.69, 9.17) is 10.2 Å². The summed E-state index contributed by atoms with van der Waals surface area (Å²) in [6.45, 7) is 4.51. The first-order valence-electron chi connectivity index (χ1n) is 15.0. The minimum atomic E-state index is -0.657. The number of rotatable bonds is 26. The van der Waals surface area contributed by atoms with E-state index < -0.39 is 11.9 Å². The van der Waals surface area contributed by atoms with Gasteiger partial charge < -0.3 is 10.2 Å². The van der Waals surface area contributed by atoms with E-state index >= 15 is 0 Å². The molecule has 5 heteroatoms. The third kappa shape index (κ3) is 44.6. The Kier molecular flexibility index (Phi) is 41.2. The first kappa shape index (κ1) is 39.7. The molecule has 0 aliphatic carbocycles. The van der Waals surface area contributed by atoms with E-state index in [-0.39, 0.29) is 37.7 Å². The van der Waals surface area contributed by atoms with Crippen molar-refractivity contribution in [1.82, 2.24) is 0 Å². The summed E-state index contributed by atoms with van der Waals surface area (Å²) in [6, 6.07) is 0. The fourth-order valence-electron chi connectivity index (χ4n) is 4.23. The molecule has 0 bridgehead atoms. The van der Waals surface area contributed by atoms with Crippen molar-refractivity contribution in [2.75, 3.05) is 0 Å². The van der Waals surface area contributed by atoms with E-state index in [2.05, 4.69) is 13.8 Å². The number of unbranched alkanes of at least 4 members (excludes halogenated alkanes) is 22. The van der Waals surface area contributed by atoms with Gasteiger partial charge in [-0.15, -0.1) is 0 Å². The Bertz CT molecular complexity index is 415. The van der Waals surface area contributed by atoms with Gasteiger partial charge in [0.15, 0.2) is 0 Å². The zero-order valence-corrected chi connectivity index (χ0v) is 23.1.